The number of anilines is 1. The highest BCUT2D eigenvalue weighted by atomic mass is 15.3. The smallest absolute Gasteiger partial charge is 0.184 e. The molecule has 0 aromatic carbocycles. The number of nitrogen functional groups attached to an aromatic ring is 1. The molecule has 2 rings (SSSR count). The van der Waals surface area contributed by atoms with E-state index in [4.69, 9.17) is 5.73 Å². The first-order valence-corrected chi connectivity index (χ1v) is 4.91. The van der Waals surface area contributed by atoms with Crippen LogP contribution in [0.5, 0.6) is 0 Å². The monoisotopic (exact) mass is 203 g/mol. The van der Waals surface area contributed by atoms with Gasteiger partial charge in [0.15, 0.2) is 5.82 Å². The molecule has 15 heavy (non-hydrogen) atoms. The van der Waals surface area contributed by atoms with Crippen LogP contribution in [0.15, 0.2) is 24.7 Å². The summed E-state index contributed by atoms with van der Waals surface area (Å²) in [6.07, 6.45) is 4.40. The molecule has 0 fully saturated rings. The second-order valence-corrected chi connectivity index (χ2v) is 3.27. The number of aromatic nitrogens is 4. The Morgan fingerprint density at radius 1 is 1.40 bits per heavy atom. The van der Waals surface area contributed by atoms with Gasteiger partial charge >= 0.3 is 0 Å². The Morgan fingerprint density at radius 2 is 2.27 bits per heavy atom. The van der Waals surface area contributed by atoms with Crippen molar-refractivity contribution in [1.29, 1.82) is 0 Å². The Morgan fingerprint density at radius 3 is 3.00 bits per heavy atom. The number of nitrogens with two attached hydrogens (primary N) is 1. The normalized spacial score (nSPS) is 10.5. The summed E-state index contributed by atoms with van der Waals surface area (Å²) in [5, 5.41) is 4.32. The van der Waals surface area contributed by atoms with E-state index in [0.29, 0.717) is 11.6 Å². The molecule has 0 atom stereocenters. The summed E-state index contributed by atoms with van der Waals surface area (Å²) in [4.78, 5) is 8.20. The van der Waals surface area contributed by atoms with Gasteiger partial charge in [-0.25, -0.2) is 9.97 Å². The highest BCUT2D eigenvalue weighted by molar-refractivity contribution is 5.67. The minimum atomic E-state index is 0.465. The number of hydrogen-bond donors (Lipinski definition) is 1. The van der Waals surface area contributed by atoms with E-state index in [1.165, 1.54) is 0 Å². The fourth-order valence-electron chi connectivity index (χ4n) is 1.36. The van der Waals surface area contributed by atoms with Crippen LogP contribution in [0.2, 0.25) is 0 Å². The summed E-state index contributed by atoms with van der Waals surface area (Å²) >= 11 is 0. The van der Waals surface area contributed by atoms with Crippen LogP contribution in [0.25, 0.3) is 11.4 Å². The third-order valence-corrected chi connectivity index (χ3v) is 2.07. The van der Waals surface area contributed by atoms with Gasteiger partial charge in [0, 0.05) is 12.7 Å². The van der Waals surface area contributed by atoms with Gasteiger partial charge in [0.2, 0.25) is 0 Å². The number of hydrogen-bond acceptors (Lipinski definition) is 4. The summed E-state index contributed by atoms with van der Waals surface area (Å²) in [7, 11) is 0. The molecule has 78 valence electrons. The Bertz CT molecular complexity index is 449. The molecule has 0 aliphatic heterocycles. The largest absolute Gasteiger partial charge is 0.383 e. The Kier molecular flexibility index (Phi) is 2.62. The maximum Gasteiger partial charge on any atom is 0.184 e. The van der Waals surface area contributed by atoms with E-state index < -0.39 is 0 Å². The number of pyridine rings is 1. The van der Waals surface area contributed by atoms with E-state index in [0.717, 1.165) is 18.5 Å². The van der Waals surface area contributed by atoms with Crippen LogP contribution in [0.3, 0.4) is 0 Å². The number of rotatable bonds is 3. The molecule has 2 aromatic rings. The minimum Gasteiger partial charge on any atom is -0.383 e. The van der Waals surface area contributed by atoms with Crippen molar-refractivity contribution in [3.63, 3.8) is 0 Å². The molecule has 5 nitrogen and oxygen atoms in total. The Labute approximate surface area is 88.0 Å². The van der Waals surface area contributed by atoms with Crippen molar-refractivity contribution in [1.82, 2.24) is 19.7 Å². The third kappa shape index (κ3) is 1.96. The lowest BCUT2D eigenvalue weighted by Gasteiger charge is -1.98. The first kappa shape index (κ1) is 9.64. The second-order valence-electron chi connectivity index (χ2n) is 3.27. The zero-order valence-electron chi connectivity index (χ0n) is 8.59. The first-order chi connectivity index (χ1) is 7.31. The summed E-state index contributed by atoms with van der Waals surface area (Å²) in [6, 6.07) is 3.69. The molecule has 2 N–H and O–H groups in total. The van der Waals surface area contributed by atoms with Gasteiger partial charge in [-0.15, -0.1) is 0 Å². The molecule has 0 aliphatic rings. The highest BCUT2D eigenvalue weighted by Crippen LogP contribution is 2.18. The van der Waals surface area contributed by atoms with Gasteiger partial charge in [0.1, 0.15) is 12.1 Å². The average molecular weight is 203 g/mol. The van der Waals surface area contributed by atoms with Gasteiger partial charge in [-0.2, -0.15) is 5.10 Å². The minimum absolute atomic E-state index is 0.465. The van der Waals surface area contributed by atoms with Gasteiger partial charge in [-0.3, -0.25) is 4.68 Å². The van der Waals surface area contributed by atoms with Gasteiger partial charge in [-0.1, -0.05) is 6.92 Å². The Hall–Kier alpha value is -1.91. The molecular formula is C10H13N5. The van der Waals surface area contributed by atoms with Crippen LogP contribution in [0.4, 0.5) is 5.82 Å². The van der Waals surface area contributed by atoms with Crippen molar-refractivity contribution in [3.8, 4) is 11.4 Å². The fourth-order valence-corrected chi connectivity index (χ4v) is 1.36. The maximum atomic E-state index is 5.74. The van der Waals surface area contributed by atoms with E-state index in [1.807, 2.05) is 16.8 Å². The lowest BCUT2D eigenvalue weighted by atomic mass is 10.2. The fraction of sp³-hybridized carbons (Fsp3) is 0.300. The van der Waals surface area contributed by atoms with E-state index in [1.54, 1.807) is 12.5 Å². The van der Waals surface area contributed by atoms with Crippen LogP contribution in [0.1, 0.15) is 13.3 Å². The average Bonchev–Trinajstić information content (AvgIpc) is 2.68. The standard InChI is InChI=1S/C10H13N5/c1-2-6-15-7-13-10(14-15)8-4-3-5-12-9(8)11/h3-5,7H,2,6H2,1H3,(H2,11,12). The zero-order chi connectivity index (χ0) is 10.7. The number of aryl methyl sites for hydroxylation is 1. The van der Waals surface area contributed by atoms with Crippen molar-refractivity contribution in [2.24, 2.45) is 0 Å². The van der Waals surface area contributed by atoms with Crippen LogP contribution in [-0.4, -0.2) is 19.7 Å². The van der Waals surface area contributed by atoms with Crippen LogP contribution in [-0.2, 0) is 6.54 Å². The van der Waals surface area contributed by atoms with Gasteiger partial charge in [0.05, 0.1) is 5.56 Å². The molecule has 0 spiro atoms. The van der Waals surface area contributed by atoms with E-state index in [-0.39, 0.29) is 0 Å². The van der Waals surface area contributed by atoms with Crippen LogP contribution < -0.4 is 5.73 Å². The van der Waals surface area contributed by atoms with E-state index in [9.17, 15) is 0 Å². The number of nitrogens with zero attached hydrogens (tertiary/aromatic N) is 4. The molecule has 2 aromatic heterocycles. The van der Waals surface area contributed by atoms with Crippen LogP contribution >= 0.6 is 0 Å². The van der Waals surface area contributed by atoms with Crippen molar-refractivity contribution in [3.05, 3.63) is 24.7 Å². The zero-order valence-corrected chi connectivity index (χ0v) is 8.59. The SMILES string of the molecule is CCCn1cnc(-c2cccnc2N)n1. The summed E-state index contributed by atoms with van der Waals surface area (Å²) in [5.41, 5.74) is 6.52. The van der Waals surface area contributed by atoms with Crippen molar-refractivity contribution < 1.29 is 0 Å². The topological polar surface area (TPSA) is 69.6 Å². The molecule has 0 saturated carbocycles. The first-order valence-electron chi connectivity index (χ1n) is 4.91. The van der Waals surface area contributed by atoms with Crippen molar-refractivity contribution >= 4 is 5.82 Å². The van der Waals surface area contributed by atoms with Gasteiger partial charge in [-0.05, 0) is 18.6 Å². The highest BCUT2D eigenvalue weighted by Gasteiger charge is 2.07. The summed E-state index contributed by atoms with van der Waals surface area (Å²) < 4.78 is 1.81. The molecule has 5 heteroatoms. The van der Waals surface area contributed by atoms with E-state index in [2.05, 4.69) is 22.0 Å². The molecular weight excluding hydrogens is 190 g/mol. The lowest BCUT2D eigenvalue weighted by Crippen LogP contribution is -1.98. The van der Waals surface area contributed by atoms with Gasteiger partial charge in [0.25, 0.3) is 0 Å². The molecule has 0 bridgehead atoms. The van der Waals surface area contributed by atoms with Gasteiger partial charge < -0.3 is 5.73 Å². The molecule has 2 heterocycles. The predicted octanol–water partition coefficient (Wildman–Crippen LogP) is 1.33. The summed E-state index contributed by atoms with van der Waals surface area (Å²) in [5.74, 6) is 1.10. The second kappa shape index (κ2) is 4.08. The lowest BCUT2D eigenvalue weighted by molar-refractivity contribution is 0.602. The molecule has 0 amide bonds. The van der Waals surface area contributed by atoms with Crippen LogP contribution in [0, 0.1) is 0 Å². The molecule has 0 radical (unpaired) electrons. The predicted molar refractivity (Wildman–Crippen MR) is 58.0 cm³/mol. The van der Waals surface area contributed by atoms with Crippen molar-refractivity contribution in [2.45, 2.75) is 19.9 Å². The Balaban J connectivity index is 2.33. The maximum absolute atomic E-state index is 5.74. The van der Waals surface area contributed by atoms with Crippen molar-refractivity contribution in [2.75, 3.05) is 5.73 Å². The third-order valence-electron chi connectivity index (χ3n) is 2.07. The molecule has 0 unspecified atom stereocenters. The van der Waals surface area contributed by atoms with E-state index >= 15 is 0 Å². The quantitative estimate of drug-likeness (QED) is 0.817. The summed E-state index contributed by atoms with van der Waals surface area (Å²) in [6.45, 7) is 2.97. The molecule has 0 saturated heterocycles. The molecule has 0 aliphatic carbocycles.